The number of anilines is 1. The minimum atomic E-state index is -0.961. The van der Waals surface area contributed by atoms with Crippen LogP contribution in [0.25, 0.3) is 32.9 Å². The third-order valence-corrected chi connectivity index (χ3v) is 12.8. The van der Waals surface area contributed by atoms with Crippen LogP contribution in [0.15, 0.2) is 30.5 Å². The summed E-state index contributed by atoms with van der Waals surface area (Å²) in [5, 5.41) is 26.5. The Morgan fingerprint density at radius 2 is 1.87 bits per heavy atom. The van der Waals surface area contributed by atoms with Gasteiger partial charge in [-0.1, -0.05) is 13.0 Å². The number of pyridine rings is 1. The fraction of sp³-hybridized carbons (Fsp3) is 0.585. The quantitative estimate of drug-likeness (QED) is 0.196. The van der Waals surface area contributed by atoms with Gasteiger partial charge in [0.25, 0.3) is 0 Å². The minimum absolute atomic E-state index is 0.0242. The van der Waals surface area contributed by atoms with Crippen molar-refractivity contribution in [3.63, 3.8) is 0 Å². The Morgan fingerprint density at radius 3 is 2.65 bits per heavy atom. The third kappa shape index (κ3) is 6.54. The first-order valence-corrected chi connectivity index (χ1v) is 19.8. The Hall–Kier alpha value is -3.78. The van der Waals surface area contributed by atoms with Crippen molar-refractivity contribution in [3.05, 3.63) is 47.7 Å². The normalized spacial score (nSPS) is 30.1. The Morgan fingerprint density at radius 1 is 1.06 bits per heavy atom. The number of ether oxygens (including phenoxy) is 1. The molecule has 0 spiro atoms. The van der Waals surface area contributed by atoms with Gasteiger partial charge in [0.15, 0.2) is 5.82 Å². The molecule has 9 rings (SSSR count). The van der Waals surface area contributed by atoms with Crippen LogP contribution < -0.4 is 15.0 Å². The molecule has 3 N–H and O–H groups in total. The number of halogens is 3. The number of hydrogen-bond donors (Lipinski definition) is 3. The highest BCUT2D eigenvalue weighted by Crippen LogP contribution is 2.45. The van der Waals surface area contributed by atoms with E-state index in [1.165, 1.54) is 12.1 Å². The summed E-state index contributed by atoms with van der Waals surface area (Å²) in [6, 6.07) is 6.51. The van der Waals surface area contributed by atoms with E-state index in [4.69, 9.17) is 9.72 Å². The maximum Gasteiger partial charge on any atom is 0.319 e. The van der Waals surface area contributed by atoms with E-state index in [1.54, 1.807) is 18.3 Å². The van der Waals surface area contributed by atoms with Crippen LogP contribution in [0.2, 0.25) is 0 Å². The molecular formula is C41H50F3N7O3. The number of phenols is 1. The smallest absolute Gasteiger partial charge is 0.319 e. The van der Waals surface area contributed by atoms with Crippen molar-refractivity contribution >= 4 is 27.5 Å². The second-order valence-electron chi connectivity index (χ2n) is 17.0. The van der Waals surface area contributed by atoms with Crippen molar-refractivity contribution in [1.82, 2.24) is 30.1 Å². The molecule has 5 aliphatic rings. The van der Waals surface area contributed by atoms with E-state index >= 15 is 13.2 Å². The lowest BCUT2D eigenvalue weighted by Crippen LogP contribution is -2.51. The largest absolute Gasteiger partial charge is 0.508 e. The summed E-state index contributed by atoms with van der Waals surface area (Å²) in [5.41, 5.74) is -0.499. The lowest BCUT2D eigenvalue weighted by molar-refractivity contribution is -0.0168. The van der Waals surface area contributed by atoms with Crippen LogP contribution in [0.5, 0.6) is 11.8 Å². The van der Waals surface area contributed by atoms with Gasteiger partial charge in [-0.3, -0.25) is 9.88 Å². The third-order valence-electron chi connectivity index (χ3n) is 12.8. The predicted octanol–water partition coefficient (Wildman–Crippen LogP) is 5.75. The van der Waals surface area contributed by atoms with Crippen LogP contribution in [-0.4, -0.2) is 117 Å². The molecule has 2 aromatic heterocycles. The molecule has 2 aromatic carbocycles. The lowest BCUT2D eigenvalue weighted by atomic mass is 9.88. The SMILES string of the molecule is CCc1c(F)ccc2cc(O)cc(-c3ncc4c(N5C[C@H]6CC[C@@H](C5)N6)nc(OC[C@]56C[C@@H](F)CN5C[C@@H](CCN5CCCC(C)(O)C5)C6)nc4c3F)c12. The summed E-state index contributed by atoms with van der Waals surface area (Å²) in [5.74, 6) is -0.298. The molecule has 4 aromatic rings. The van der Waals surface area contributed by atoms with Crippen molar-refractivity contribution in [3.8, 4) is 23.0 Å². The van der Waals surface area contributed by atoms with Gasteiger partial charge in [0, 0.05) is 63.0 Å². The van der Waals surface area contributed by atoms with Crippen molar-refractivity contribution in [1.29, 1.82) is 0 Å². The van der Waals surface area contributed by atoms with Gasteiger partial charge in [-0.15, -0.1) is 0 Å². The number of aromatic nitrogens is 3. The number of nitrogens with zero attached hydrogens (tertiary/aromatic N) is 6. The van der Waals surface area contributed by atoms with E-state index in [2.05, 4.69) is 30.0 Å². The highest BCUT2D eigenvalue weighted by atomic mass is 19.1. The second kappa shape index (κ2) is 13.8. The molecule has 10 nitrogen and oxygen atoms in total. The minimum Gasteiger partial charge on any atom is -0.508 e. The fourth-order valence-electron chi connectivity index (χ4n) is 10.4. The lowest BCUT2D eigenvalue weighted by Gasteiger charge is -2.37. The second-order valence-corrected chi connectivity index (χ2v) is 17.0. The van der Waals surface area contributed by atoms with Crippen LogP contribution in [0.3, 0.4) is 0 Å². The number of piperazine rings is 1. The summed E-state index contributed by atoms with van der Waals surface area (Å²) >= 11 is 0. The van der Waals surface area contributed by atoms with E-state index in [9.17, 15) is 10.2 Å². The van der Waals surface area contributed by atoms with Gasteiger partial charge >= 0.3 is 6.01 Å². The number of piperidine rings is 1. The first-order chi connectivity index (χ1) is 26.0. The zero-order valence-corrected chi connectivity index (χ0v) is 31.1. The number of phenolic OH excluding ortho intramolecular Hbond substituents is 1. The van der Waals surface area contributed by atoms with E-state index in [0.29, 0.717) is 72.5 Å². The monoisotopic (exact) mass is 745 g/mol. The molecule has 13 heteroatoms. The average Bonchev–Trinajstić information content (AvgIpc) is 3.76. The van der Waals surface area contributed by atoms with Gasteiger partial charge < -0.3 is 30.1 Å². The molecule has 5 aliphatic heterocycles. The van der Waals surface area contributed by atoms with Gasteiger partial charge in [0.05, 0.1) is 16.5 Å². The van der Waals surface area contributed by atoms with Crippen molar-refractivity contribution in [2.75, 3.05) is 57.3 Å². The highest BCUT2D eigenvalue weighted by molar-refractivity contribution is 6.01. The van der Waals surface area contributed by atoms with E-state index in [1.807, 2.05) is 13.8 Å². The van der Waals surface area contributed by atoms with E-state index in [0.717, 1.165) is 58.2 Å². The average molecular weight is 746 g/mol. The van der Waals surface area contributed by atoms with E-state index in [-0.39, 0.29) is 47.2 Å². The molecular weight excluding hydrogens is 695 g/mol. The number of rotatable bonds is 9. The molecule has 0 aliphatic carbocycles. The number of β-amino-alcohol motifs (C(OH)–C–C–N with tert-alkyl or cyclic N) is 1. The summed E-state index contributed by atoms with van der Waals surface area (Å²) in [6.07, 6.45) is 6.97. The van der Waals surface area contributed by atoms with Gasteiger partial charge in [0.1, 0.15) is 41.4 Å². The van der Waals surface area contributed by atoms with Crippen molar-refractivity contribution in [2.24, 2.45) is 5.92 Å². The topological polar surface area (TPSA) is 110 Å². The van der Waals surface area contributed by atoms with Crippen LogP contribution in [0.4, 0.5) is 19.0 Å². The molecule has 2 bridgehead atoms. The molecule has 288 valence electrons. The molecule has 0 radical (unpaired) electrons. The summed E-state index contributed by atoms with van der Waals surface area (Å²) < 4.78 is 53.8. The predicted molar refractivity (Wildman–Crippen MR) is 202 cm³/mol. The van der Waals surface area contributed by atoms with Gasteiger partial charge in [-0.2, -0.15) is 9.97 Å². The van der Waals surface area contributed by atoms with Gasteiger partial charge in [-0.05, 0) is 105 Å². The molecule has 1 unspecified atom stereocenters. The van der Waals surface area contributed by atoms with Crippen molar-refractivity contribution < 1.29 is 28.1 Å². The molecule has 5 saturated heterocycles. The van der Waals surface area contributed by atoms with Gasteiger partial charge in [-0.25, -0.2) is 13.2 Å². The Balaban J connectivity index is 1.06. The molecule has 5 fully saturated rings. The summed E-state index contributed by atoms with van der Waals surface area (Å²) in [4.78, 5) is 20.9. The number of aliphatic hydroxyl groups is 1. The van der Waals surface area contributed by atoms with Crippen LogP contribution in [0, 0.1) is 17.6 Å². The summed E-state index contributed by atoms with van der Waals surface area (Å²) in [6.45, 7) is 8.99. The zero-order valence-electron chi connectivity index (χ0n) is 31.1. The number of hydrogen-bond acceptors (Lipinski definition) is 10. The number of fused-ring (bicyclic) bond motifs is 5. The number of alkyl halides is 1. The molecule has 54 heavy (non-hydrogen) atoms. The number of benzene rings is 2. The maximum atomic E-state index is 17.1. The molecule has 6 atom stereocenters. The summed E-state index contributed by atoms with van der Waals surface area (Å²) in [7, 11) is 0. The number of aromatic hydroxyl groups is 1. The first-order valence-electron chi connectivity index (χ1n) is 19.8. The number of likely N-dealkylation sites (tertiary alicyclic amines) is 1. The molecule has 0 amide bonds. The molecule has 7 heterocycles. The standard InChI is InChI=1S/C41H50F3N7O3/c1-3-30-33(43)8-5-25-13-29(52)14-31(34(25)30)36-35(44)37-32(17-45-36)38(50-20-27-6-7-28(21-50)46-27)48-39(47-37)54-23-41-15-24(18-51(41)19-26(42)16-41)9-12-49-11-4-10-40(2,53)22-49/h5,8,13-14,17,24,26-28,46,52-53H,3-4,6-7,9-12,15-16,18-23H2,1-2H3/t24-,26+,27-,28+,40?,41-/m0/s1. The van der Waals surface area contributed by atoms with Crippen LogP contribution in [0.1, 0.15) is 64.4 Å². The highest BCUT2D eigenvalue weighted by Gasteiger charge is 2.52. The van der Waals surface area contributed by atoms with Crippen molar-refractivity contribution in [2.45, 2.75) is 94.6 Å². The first kappa shape index (κ1) is 35.9. The van der Waals surface area contributed by atoms with Gasteiger partial charge in [0.2, 0.25) is 0 Å². The van der Waals surface area contributed by atoms with Crippen LogP contribution in [-0.2, 0) is 6.42 Å². The number of aryl methyl sites for hydroxylation is 1. The Labute approximate surface area is 313 Å². The van der Waals surface area contributed by atoms with Crippen LogP contribution >= 0.6 is 0 Å². The van der Waals surface area contributed by atoms with E-state index < -0.39 is 28.9 Å². The molecule has 0 saturated carbocycles. The number of nitrogens with one attached hydrogen (secondary N) is 1. The zero-order chi connectivity index (χ0) is 37.4. The Kier molecular flexibility index (Phi) is 9.14. The fourth-order valence-corrected chi connectivity index (χ4v) is 10.4. The Bertz CT molecular complexity index is 2070. The maximum absolute atomic E-state index is 17.1.